The third-order valence-corrected chi connectivity index (χ3v) is 2.50. The highest BCUT2D eigenvalue weighted by atomic mass is 19.4. The SMILES string of the molecule is N#Cc1ccc(-c2ccc([N+](=O)[O-])c(C(F)(F)F)c2)o1. The number of hydrogen-bond donors (Lipinski definition) is 0. The largest absolute Gasteiger partial charge is 0.446 e. The van der Waals surface area contributed by atoms with E-state index in [9.17, 15) is 23.3 Å². The number of halogens is 3. The summed E-state index contributed by atoms with van der Waals surface area (Å²) in [4.78, 5) is 9.50. The van der Waals surface area contributed by atoms with Crippen LogP contribution in [0.2, 0.25) is 0 Å². The van der Waals surface area contributed by atoms with E-state index in [0.717, 1.165) is 12.1 Å². The number of nitriles is 1. The Hall–Kier alpha value is -2.82. The van der Waals surface area contributed by atoms with Crippen molar-refractivity contribution in [2.75, 3.05) is 0 Å². The molecule has 2 rings (SSSR count). The minimum absolute atomic E-state index is 0.00410. The zero-order chi connectivity index (χ0) is 14.9. The molecule has 102 valence electrons. The van der Waals surface area contributed by atoms with Crippen molar-refractivity contribution in [2.45, 2.75) is 6.18 Å². The lowest BCUT2D eigenvalue weighted by Gasteiger charge is -2.08. The van der Waals surface area contributed by atoms with Crippen LogP contribution in [-0.2, 0) is 6.18 Å². The zero-order valence-electron chi connectivity index (χ0n) is 9.64. The lowest BCUT2D eigenvalue weighted by molar-refractivity contribution is -0.388. The lowest BCUT2D eigenvalue weighted by Crippen LogP contribution is -2.09. The van der Waals surface area contributed by atoms with Crippen LogP contribution in [0, 0.1) is 21.4 Å². The number of nitro groups is 1. The maximum absolute atomic E-state index is 12.8. The number of rotatable bonds is 2. The quantitative estimate of drug-likeness (QED) is 0.620. The van der Waals surface area contributed by atoms with Crippen LogP contribution in [0.1, 0.15) is 11.3 Å². The average molecular weight is 282 g/mol. The maximum atomic E-state index is 12.8. The van der Waals surface area contributed by atoms with Crippen LogP contribution in [0.15, 0.2) is 34.7 Å². The zero-order valence-corrected chi connectivity index (χ0v) is 9.64. The second-order valence-electron chi connectivity index (χ2n) is 3.76. The molecule has 2 aromatic rings. The van der Waals surface area contributed by atoms with Crippen LogP contribution in [0.4, 0.5) is 18.9 Å². The van der Waals surface area contributed by atoms with Gasteiger partial charge in [0.05, 0.1) is 4.92 Å². The van der Waals surface area contributed by atoms with E-state index in [2.05, 4.69) is 0 Å². The van der Waals surface area contributed by atoms with Crippen LogP contribution in [0.3, 0.4) is 0 Å². The van der Waals surface area contributed by atoms with Crippen molar-refractivity contribution in [3.8, 4) is 17.4 Å². The number of nitro benzene ring substituents is 1. The van der Waals surface area contributed by atoms with E-state index in [-0.39, 0.29) is 17.1 Å². The Kier molecular flexibility index (Phi) is 3.19. The molecule has 0 saturated carbocycles. The van der Waals surface area contributed by atoms with Crippen molar-refractivity contribution >= 4 is 5.69 Å². The average Bonchev–Trinajstić information content (AvgIpc) is 2.85. The summed E-state index contributed by atoms with van der Waals surface area (Å²) in [6.07, 6.45) is -4.86. The summed E-state index contributed by atoms with van der Waals surface area (Å²) in [5.41, 5.74) is -2.40. The highest BCUT2D eigenvalue weighted by Gasteiger charge is 2.38. The molecule has 0 aliphatic heterocycles. The molecule has 0 radical (unpaired) electrons. The van der Waals surface area contributed by atoms with Gasteiger partial charge in [-0.25, -0.2) is 0 Å². The fourth-order valence-electron chi connectivity index (χ4n) is 1.63. The molecule has 0 amide bonds. The molecule has 0 unspecified atom stereocenters. The standard InChI is InChI=1S/C12H5F3N2O3/c13-12(14,15)9-5-7(1-3-10(9)17(18)19)11-4-2-8(6-16)20-11/h1-5H. The van der Waals surface area contributed by atoms with Crippen molar-refractivity contribution in [1.82, 2.24) is 0 Å². The van der Waals surface area contributed by atoms with Gasteiger partial charge >= 0.3 is 6.18 Å². The number of hydrogen-bond acceptors (Lipinski definition) is 4. The molecule has 5 nitrogen and oxygen atoms in total. The maximum Gasteiger partial charge on any atom is 0.423 e. The van der Waals surface area contributed by atoms with Gasteiger partial charge in [0.1, 0.15) is 17.4 Å². The summed E-state index contributed by atoms with van der Waals surface area (Å²) in [7, 11) is 0. The first-order valence-electron chi connectivity index (χ1n) is 5.19. The van der Waals surface area contributed by atoms with Crippen molar-refractivity contribution in [1.29, 1.82) is 5.26 Å². The number of benzene rings is 1. The molecule has 1 aromatic heterocycles. The molecule has 0 atom stereocenters. The molecule has 1 aromatic carbocycles. The third-order valence-electron chi connectivity index (χ3n) is 2.50. The van der Waals surface area contributed by atoms with Crippen LogP contribution in [0.5, 0.6) is 0 Å². The van der Waals surface area contributed by atoms with Gasteiger partial charge in [-0.15, -0.1) is 0 Å². The topological polar surface area (TPSA) is 80.1 Å². The van der Waals surface area contributed by atoms with Gasteiger partial charge in [0.2, 0.25) is 5.76 Å². The van der Waals surface area contributed by atoms with Crippen molar-refractivity contribution < 1.29 is 22.5 Å². The first-order valence-corrected chi connectivity index (χ1v) is 5.19. The van der Waals surface area contributed by atoms with Crippen LogP contribution in [0.25, 0.3) is 11.3 Å². The van der Waals surface area contributed by atoms with Crippen molar-refractivity contribution in [3.05, 3.63) is 51.8 Å². The Balaban J connectivity index is 2.58. The summed E-state index contributed by atoms with van der Waals surface area (Å²) in [6, 6.07) is 6.82. The first-order chi connectivity index (χ1) is 9.32. The minimum Gasteiger partial charge on any atom is -0.446 e. The van der Waals surface area contributed by atoms with Gasteiger partial charge < -0.3 is 4.42 Å². The van der Waals surface area contributed by atoms with E-state index in [1.807, 2.05) is 0 Å². The number of furan rings is 1. The molecule has 0 aliphatic rings. The molecule has 0 saturated heterocycles. The van der Waals surface area contributed by atoms with Crippen LogP contribution in [-0.4, -0.2) is 4.92 Å². The molecular weight excluding hydrogens is 277 g/mol. The highest BCUT2D eigenvalue weighted by molar-refractivity contribution is 5.63. The molecule has 8 heteroatoms. The number of nitrogens with zero attached hydrogens (tertiary/aromatic N) is 2. The van der Waals surface area contributed by atoms with E-state index < -0.39 is 22.4 Å². The summed E-state index contributed by atoms with van der Waals surface area (Å²) in [5, 5.41) is 19.2. The van der Waals surface area contributed by atoms with Crippen LogP contribution < -0.4 is 0 Å². The fourth-order valence-corrected chi connectivity index (χ4v) is 1.63. The molecule has 0 spiro atoms. The second-order valence-corrected chi connectivity index (χ2v) is 3.76. The lowest BCUT2D eigenvalue weighted by atomic mass is 10.1. The summed E-state index contributed by atoms with van der Waals surface area (Å²) >= 11 is 0. The molecule has 0 aliphatic carbocycles. The van der Waals surface area contributed by atoms with E-state index in [1.165, 1.54) is 12.1 Å². The first kappa shape index (κ1) is 13.6. The predicted molar refractivity (Wildman–Crippen MR) is 60.5 cm³/mol. The predicted octanol–water partition coefficient (Wildman–Crippen LogP) is 3.75. The normalized spacial score (nSPS) is 11.1. The monoisotopic (exact) mass is 282 g/mol. The highest BCUT2D eigenvalue weighted by Crippen LogP contribution is 2.38. The molecular formula is C12H5F3N2O3. The summed E-state index contributed by atoms with van der Waals surface area (Å²) < 4.78 is 43.4. The van der Waals surface area contributed by atoms with Gasteiger partial charge in [0.25, 0.3) is 5.69 Å². The molecule has 20 heavy (non-hydrogen) atoms. The smallest absolute Gasteiger partial charge is 0.423 e. The third kappa shape index (κ3) is 2.47. The van der Waals surface area contributed by atoms with Gasteiger partial charge in [-0.05, 0) is 24.3 Å². The molecule has 0 bridgehead atoms. The molecule has 1 heterocycles. The second kappa shape index (κ2) is 4.70. The van der Waals surface area contributed by atoms with E-state index >= 15 is 0 Å². The van der Waals surface area contributed by atoms with Crippen LogP contribution >= 0.6 is 0 Å². The van der Waals surface area contributed by atoms with Crippen molar-refractivity contribution in [3.63, 3.8) is 0 Å². The Morgan fingerprint density at radius 3 is 2.45 bits per heavy atom. The fraction of sp³-hybridized carbons (Fsp3) is 0.0833. The van der Waals surface area contributed by atoms with E-state index in [1.54, 1.807) is 6.07 Å². The summed E-state index contributed by atoms with van der Waals surface area (Å²) in [6.45, 7) is 0. The Morgan fingerprint density at radius 2 is 1.95 bits per heavy atom. The Morgan fingerprint density at radius 1 is 1.25 bits per heavy atom. The van der Waals surface area contributed by atoms with Gasteiger partial charge in [-0.3, -0.25) is 10.1 Å². The van der Waals surface area contributed by atoms with E-state index in [4.69, 9.17) is 9.68 Å². The Labute approximate surface area is 110 Å². The van der Waals surface area contributed by atoms with Gasteiger partial charge in [-0.1, -0.05) is 0 Å². The van der Waals surface area contributed by atoms with Gasteiger partial charge in [0, 0.05) is 11.6 Å². The van der Waals surface area contributed by atoms with Crippen molar-refractivity contribution in [2.24, 2.45) is 0 Å². The Bertz CT molecular complexity index is 713. The van der Waals surface area contributed by atoms with Gasteiger partial charge in [0.15, 0.2) is 0 Å². The molecule has 0 fully saturated rings. The minimum atomic E-state index is -4.86. The van der Waals surface area contributed by atoms with Gasteiger partial charge in [-0.2, -0.15) is 18.4 Å². The van der Waals surface area contributed by atoms with E-state index in [0.29, 0.717) is 6.07 Å². The number of alkyl halides is 3. The summed E-state index contributed by atoms with van der Waals surface area (Å²) in [5.74, 6) is -0.0335. The molecule has 0 N–H and O–H groups in total.